The van der Waals surface area contributed by atoms with E-state index in [9.17, 15) is 9.18 Å². The van der Waals surface area contributed by atoms with E-state index in [1.54, 1.807) is 0 Å². The molecule has 82 valence electrons. The van der Waals surface area contributed by atoms with Gasteiger partial charge in [0.25, 0.3) is 0 Å². The molecule has 0 aromatic heterocycles. The molecule has 0 saturated carbocycles. The van der Waals surface area contributed by atoms with Crippen LogP contribution in [0.25, 0.3) is 0 Å². The number of carbonyl (C=O) groups is 1. The molecular weight excluding hydrogens is 199 g/mol. The van der Waals surface area contributed by atoms with Crippen molar-refractivity contribution in [3.63, 3.8) is 0 Å². The van der Waals surface area contributed by atoms with Crippen molar-refractivity contribution in [2.24, 2.45) is 0 Å². The highest BCUT2D eigenvalue weighted by Crippen LogP contribution is 2.15. The van der Waals surface area contributed by atoms with E-state index in [2.05, 4.69) is 0 Å². The Morgan fingerprint density at radius 2 is 1.93 bits per heavy atom. The maximum atomic E-state index is 13.1. The van der Waals surface area contributed by atoms with Gasteiger partial charge in [-0.15, -0.1) is 0 Å². The van der Waals surface area contributed by atoms with Gasteiger partial charge in [0, 0.05) is 0 Å². The number of carboxylic acids is 1. The Balaban J connectivity index is 2.61. The van der Waals surface area contributed by atoms with Gasteiger partial charge in [-0.3, -0.25) is 0 Å². The van der Waals surface area contributed by atoms with Crippen LogP contribution in [0, 0.1) is 0 Å². The largest absolute Gasteiger partial charge is 0.490 e. The number of ether oxygens (including phenoxy) is 1. The monoisotopic (exact) mass is 212 g/mol. The minimum absolute atomic E-state index is 0.0561. The minimum Gasteiger partial charge on any atom is -0.490 e. The second-order valence-electron chi connectivity index (χ2n) is 3.84. The lowest BCUT2D eigenvalue weighted by Gasteiger charge is -2.15. The molecule has 3 nitrogen and oxygen atoms in total. The Morgan fingerprint density at radius 1 is 1.40 bits per heavy atom. The summed E-state index contributed by atoms with van der Waals surface area (Å²) in [4.78, 5) is 10.5. The van der Waals surface area contributed by atoms with E-state index in [4.69, 9.17) is 9.84 Å². The average molecular weight is 212 g/mol. The number of halogens is 1. The Bertz CT molecular complexity index is 338. The maximum absolute atomic E-state index is 13.1. The zero-order chi connectivity index (χ0) is 11.5. The smallest absolute Gasteiger partial charge is 0.335 e. The molecule has 1 aromatic carbocycles. The highest BCUT2D eigenvalue weighted by Gasteiger charge is 2.16. The van der Waals surface area contributed by atoms with Crippen molar-refractivity contribution in [2.45, 2.75) is 19.5 Å². The fraction of sp³-hybridized carbons (Fsp3) is 0.364. The van der Waals surface area contributed by atoms with Crippen LogP contribution in [0.4, 0.5) is 4.39 Å². The van der Waals surface area contributed by atoms with Crippen LogP contribution in [0.3, 0.4) is 0 Å². The molecule has 4 heteroatoms. The number of carboxylic acid groups (broad SMARTS) is 1. The van der Waals surface area contributed by atoms with Crippen molar-refractivity contribution in [3.05, 3.63) is 29.8 Å². The predicted molar refractivity (Wildman–Crippen MR) is 54.1 cm³/mol. The summed E-state index contributed by atoms with van der Waals surface area (Å²) in [5.41, 5.74) is -1.22. The van der Waals surface area contributed by atoms with E-state index in [0.29, 0.717) is 5.75 Å². The third-order valence-electron chi connectivity index (χ3n) is 1.68. The number of hydrogen-bond acceptors (Lipinski definition) is 2. The second kappa shape index (κ2) is 4.29. The summed E-state index contributed by atoms with van der Waals surface area (Å²) in [5.74, 6) is -0.530. The molecule has 1 rings (SSSR count). The first-order valence-corrected chi connectivity index (χ1v) is 4.53. The maximum Gasteiger partial charge on any atom is 0.335 e. The van der Waals surface area contributed by atoms with Gasteiger partial charge in [-0.05, 0) is 38.1 Å². The van der Waals surface area contributed by atoms with Crippen molar-refractivity contribution < 1.29 is 19.0 Å². The first kappa shape index (κ1) is 11.5. The molecule has 0 saturated heterocycles. The Kier molecular flexibility index (Phi) is 3.29. The molecule has 1 aromatic rings. The van der Waals surface area contributed by atoms with E-state index in [0.717, 1.165) is 0 Å². The van der Waals surface area contributed by atoms with Crippen LogP contribution in [-0.2, 0) is 0 Å². The van der Waals surface area contributed by atoms with Gasteiger partial charge in [0.1, 0.15) is 18.0 Å². The summed E-state index contributed by atoms with van der Waals surface area (Å²) in [7, 11) is 0. The third kappa shape index (κ3) is 3.97. The van der Waals surface area contributed by atoms with Crippen LogP contribution in [0.15, 0.2) is 24.3 Å². The fourth-order valence-corrected chi connectivity index (χ4v) is 0.949. The molecule has 0 bridgehead atoms. The minimum atomic E-state index is -1.40. The van der Waals surface area contributed by atoms with Gasteiger partial charge >= 0.3 is 5.97 Å². The lowest BCUT2D eigenvalue weighted by molar-refractivity contribution is 0.0696. The summed E-state index contributed by atoms with van der Waals surface area (Å²) in [6.07, 6.45) is 0. The highest BCUT2D eigenvalue weighted by atomic mass is 19.1. The van der Waals surface area contributed by atoms with Crippen molar-refractivity contribution in [1.29, 1.82) is 0 Å². The van der Waals surface area contributed by atoms with Gasteiger partial charge in [-0.2, -0.15) is 0 Å². The summed E-state index contributed by atoms with van der Waals surface area (Å²) in [6, 6.07) is 5.86. The number of rotatable bonds is 4. The fourth-order valence-electron chi connectivity index (χ4n) is 0.949. The van der Waals surface area contributed by atoms with Crippen LogP contribution in [-0.4, -0.2) is 23.4 Å². The van der Waals surface area contributed by atoms with Crippen molar-refractivity contribution in [2.75, 3.05) is 6.61 Å². The molecule has 0 atom stereocenters. The van der Waals surface area contributed by atoms with E-state index in [-0.39, 0.29) is 12.2 Å². The number of hydrogen-bond donors (Lipinski definition) is 1. The molecule has 1 N–H and O–H groups in total. The summed E-state index contributed by atoms with van der Waals surface area (Å²) < 4.78 is 18.2. The molecule has 0 aliphatic carbocycles. The lowest BCUT2D eigenvalue weighted by Crippen LogP contribution is -2.22. The van der Waals surface area contributed by atoms with Gasteiger partial charge in [-0.25, -0.2) is 9.18 Å². The average Bonchev–Trinajstić information content (AvgIpc) is 2.14. The molecule has 0 radical (unpaired) electrons. The predicted octanol–water partition coefficient (Wildman–Crippen LogP) is 2.51. The third-order valence-corrected chi connectivity index (χ3v) is 1.68. The first-order valence-electron chi connectivity index (χ1n) is 4.53. The van der Waals surface area contributed by atoms with Crippen LogP contribution in [0.5, 0.6) is 5.75 Å². The second-order valence-corrected chi connectivity index (χ2v) is 3.84. The van der Waals surface area contributed by atoms with E-state index in [1.807, 2.05) is 0 Å². The molecule has 0 spiro atoms. The van der Waals surface area contributed by atoms with Gasteiger partial charge in [0.15, 0.2) is 0 Å². The quantitative estimate of drug-likeness (QED) is 0.834. The van der Waals surface area contributed by atoms with Gasteiger partial charge in [0.05, 0.1) is 5.56 Å². The van der Waals surface area contributed by atoms with Gasteiger partial charge < -0.3 is 9.84 Å². The normalized spacial score (nSPS) is 11.1. The number of alkyl halides is 1. The van der Waals surface area contributed by atoms with E-state index < -0.39 is 11.6 Å². The highest BCUT2D eigenvalue weighted by molar-refractivity contribution is 5.87. The summed E-state index contributed by atoms with van der Waals surface area (Å²) in [5, 5.41) is 8.63. The standard InChI is InChI=1S/C11H13FO3/c1-11(2,12)7-15-9-5-3-8(4-6-9)10(13)14/h3-6H,7H2,1-2H3,(H,13,14). The molecule has 0 amide bonds. The SMILES string of the molecule is CC(C)(F)COc1ccc(C(=O)O)cc1. The van der Waals surface area contributed by atoms with Crippen LogP contribution in [0.1, 0.15) is 24.2 Å². The Hall–Kier alpha value is -1.58. The molecule has 0 aliphatic rings. The molecule has 15 heavy (non-hydrogen) atoms. The molecule has 0 fully saturated rings. The van der Waals surface area contributed by atoms with Gasteiger partial charge in [0.2, 0.25) is 0 Å². The van der Waals surface area contributed by atoms with E-state index in [1.165, 1.54) is 38.1 Å². The van der Waals surface area contributed by atoms with Crippen molar-refractivity contribution in [1.82, 2.24) is 0 Å². The summed E-state index contributed by atoms with van der Waals surface area (Å²) >= 11 is 0. The molecule has 0 unspecified atom stereocenters. The molecular formula is C11H13FO3. The topological polar surface area (TPSA) is 46.5 Å². The Labute approximate surface area is 87.5 Å². The number of benzene rings is 1. The summed E-state index contributed by atoms with van der Waals surface area (Å²) in [6.45, 7) is 2.77. The lowest BCUT2D eigenvalue weighted by atomic mass is 10.2. The van der Waals surface area contributed by atoms with Crippen molar-refractivity contribution in [3.8, 4) is 5.75 Å². The van der Waals surface area contributed by atoms with E-state index >= 15 is 0 Å². The van der Waals surface area contributed by atoms with Crippen LogP contribution < -0.4 is 4.74 Å². The van der Waals surface area contributed by atoms with Crippen molar-refractivity contribution >= 4 is 5.97 Å². The molecule has 0 heterocycles. The Morgan fingerprint density at radius 3 is 2.33 bits per heavy atom. The first-order chi connectivity index (χ1) is 6.88. The van der Waals surface area contributed by atoms with Crippen LogP contribution >= 0.6 is 0 Å². The van der Waals surface area contributed by atoms with Crippen LogP contribution in [0.2, 0.25) is 0 Å². The zero-order valence-corrected chi connectivity index (χ0v) is 8.66. The number of aromatic carboxylic acids is 1. The van der Waals surface area contributed by atoms with Gasteiger partial charge in [-0.1, -0.05) is 0 Å². The molecule has 0 aliphatic heterocycles. The zero-order valence-electron chi connectivity index (χ0n) is 8.66.